The second kappa shape index (κ2) is 9.15. The van der Waals surface area contributed by atoms with Crippen LogP contribution in [-0.4, -0.2) is 54.7 Å². The molecule has 2 aromatic heterocycles. The van der Waals surface area contributed by atoms with Crippen molar-refractivity contribution in [3.8, 4) is 11.5 Å². The number of aryl methyl sites for hydroxylation is 1. The minimum absolute atomic E-state index is 0.326. The van der Waals surface area contributed by atoms with Gasteiger partial charge in [0.25, 0.3) is 0 Å². The second-order valence-electron chi connectivity index (χ2n) is 8.45. The molecule has 0 atom stereocenters. The van der Waals surface area contributed by atoms with Crippen LogP contribution in [-0.2, 0) is 7.05 Å². The van der Waals surface area contributed by atoms with Crippen LogP contribution in [0.4, 0.5) is 17.2 Å². The Balaban J connectivity index is 1.57. The normalized spacial score (nSPS) is 15.9. The van der Waals surface area contributed by atoms with Crippen LogP contribution < -0.4 is 25.0 Å². The first-order valence-corrected chi connectivity index (χ1v) is 11.3. The molecule has 3 aromatic rings. The van der Waals surface area contributed by atoms with E-state index in [4.69, 9.17) is 14.5 Å². The predicted octanol–water partition coefficient (Wildman–Crippen LogP) is 3.69. The van der Waals surface area contributed by atoms with Gasteiger partial charge in [0.15, 0.2) is 0 Å². The van der Waals surface area contributed by atoms with Crippen molar-refractivity contribution in [2.24, 2.45) is 7.05 Å². The number of fused-ring (bicyclic) bond motifs is 1. The van der Waals surface area contributed by atoms with Gasteiger partial charge in [-0.05, 0) is 49.7 Å². The lowest BCUT2D eigenvalue weighted by Crippen LogP contribution is -2.41. The number of hydrogen-bond acceptors (Lipinski definition) is 7. The van der Waals surface area contributed by atoms with Crippen LogP contribution in [0.25, 0.3) is 11.6 Å². The molecule has 4 heterocycles. The number of anilines is 3. The maximum absolute atomic E-state index is 5.56. The summed E-state index contributed by atoms with van der Waals surface area (Å²) in [6.45, 7) is 2.73. The minimum atomic E-state index is 0.326. The van der Waals surface area contributed by atoms with Crippen LogP contribution in [0.2, 0.25) is 0 Å². The largest absolute Gasteiger partial charge is 0.497 e. The molecule has 0 saturated carbocycles. The Morgan fingerprint density at radius 2 is 1.82 bits per heavy atom. The third-order valence-electron chi connectivity index (χ3n) is 6.30. The molecule has 0 amide bonds. The van der Waals surface area contributed by atoms with Crippen molar-refractivity contribution in [3.63, 3.8) is 0 Å². The summed E-state index contributed by atoms with van der Waals surface area (Å²) in [6, 6.07) is 10.6. The van der Waals surface area contributed by atoms with Gasteiger partial charge >= 0.3 is 0 Å². The Morgan fingerprint density at radius 1 is 1.06 bits per heavy atom. The number of methoxy groups -OCH3 is 2. The molecule has 33 heavy (non-hydrogen) atoms. The summed E-state index contributed by atoms with van der Waals surface area (Å²) in [5.74, 6) is 2.45. The van der Waals surface area contributed by atoms with Crippen LogP contribution >= 0.6 is 0 Å². The van der Waals surface area contributed by atoms with Gasteiger partial charge in [-0.3, -0.25) is 4.68 Å². The molecule has 1 aromatic carbocycles. The average Bonchev–Trinajstić information content (AvgIpc) is 3.30. The first-order valence-electron chi connectivity index (χ1n) is 11.3. The van der Waals surface area contributed by atoms with Gasteiger partial charge < -0.3 is 25.0 Å². The van der Waals surface area contributed by atoms with E-state index in [1.54, 1.807) is 14.2 Å². The molecule has 1 fully saturated rings. The number of nitrogens with zero attached hydrogens (tertiary/aromatic N) is 4. The molecular weight excluding hydrogens is 416 g/mol. The summed E-state index contributed by atoms with van der Waals surface area (Å²) in [7, 11) is 5.30. The third kappa shape index (κ3) is 4.39. The lowest BCUT2D eigenvalue weighted by atomic mass is 10.0. The first kappa shape index (κ1) is 21.3. The molecule has 0 aliphatic carbocycles. The Morgan fingerprint density at radius 3 is 2.48 bits per heavy atom. The number of ether oxygens (including phenoxy) is 2. The van der Waals surface area contributed by atoms with Crippen LogP contribution in [0.1, 0.15) is 24.1 Å². The summed E-state index contributed by atoms with van der Waals surface area (Å²) in [5.41, 5.74) is 5.28. The quantitative estimate of drug-likeness (QED) is 0.598. The van der Waals surface area contributed by atoms with E-state index in [2.05, 4.69) is 51.0 Å². The smallest absolute Gasteiger partial charge is 0.134 e. The molecule has 2 aliphatic heterocycles. The van der Waals surface area contributed by atoms with Crippen molar-refractivity contribution in [1.82, 2.24) is 20.1 Å². The van der Waals surface area contributed by atoms with E-state index in [9.17, 15) is 0 Å². The number of hydrogen-bond donors (Lipinski definition) is 2. The van der Waals surface area contributed by atoms with Gasteiger partial charge in [0.1, 0.15) is 17.3 Å². The summed E-state index contributed by atoms with van der Waals surface area (Å²) >= 11 is 0. The monoisotopic (exact) mass is 446 g/mol. The van der Waals surface area contributed by atoms with Gasteiger partial charge in [0, 0.05) is 49.6 Å². The zero-order valence-electron chi connectivity index (χ0n) is 19.3. The lowest BCUT2D eigenvalue weighted by molar-refractivity contribution is 0.393. The van der Waals surface area contributed by atoms with Gasteiger partial charge in [-0.2, -0.15) is 5.10 Å². The number of benzene rings is 1. The summed E-state index contributed by atoms with van der Waals surface area (Å²) < 4.78 is 12.9. The van der Waals surface area contributed by atoms with E-state index in [-0.39, 0.29) is 0 Å². The van der Waals surface area contributed by atoms with Gasteiger partial charge in [-0.15, -0.1) is 0 Å². The molecule has 2 aliphatic rings. The first-order chi connectivity index (χ1) is 16.1. The SMILES string of the molecule is COc1cc(OC)cc(N(c2ccc3c(n2)C=C(c2cnn(C)c2)CN3)C2CCNCC2)c1. The predicted molar refractivity (Wildman–Crippen MR) is 131 cm³/mol. The molecule has 5 rings (SSSR count). The molecule has 8 nitrogen and oxygen atoms in total. The van der Waals surface area contributed by atoms with Gasteiger partial charge in [0.05, 0.1) is 37.5 Å². The van der Waals surface area contributed by atoms with Crippen molar-refractivity contribution in [1.29, 1.82) is 0 Å². The molecule has 1 saturated heterocycles. The van der Waals surface area contributed by atoms with Crippen molar-refractivity contribution in [2.75, 3.05) is 44.1 Å². The zero-order chi connectivity index (χ0) is 22.8. The highest BCUT2D eigenvalue weighted by Gasteiger charge is 2.26. The van der Waals surface area contributed by atoms with E-state index in [1.807, 2.05) is 30.2 Å². The fourth-order valence-corrected chi connectivity index (χ4v) is 4.56. The van der Waals surface area contributed by atoms with Crippen molar-refractivity contribution >= 4 is 28.8 Å². The molecule has 0 spiro atoms. The fourth-order valence-electron chi connectivity index (χ4n) is 4.56. The van der Waals surface area contributed by atoms with E-state index >= 15 is 0 Å². The number of rotatable bonds is 6. The summed E-state index contributed by atoms with van der Waals surface area (Å²) in [5, 5.41) is 11.3. The Kier molecular flexibility index (Phi) is 5.92. The summed E-state index contributed by atoms with van der Waals surface area (Å²) in [6.07, 6.45) is 8.16. The molecule has 172 valence electrons. The zero-order valence-corrected chi connectivity index (χ0v) is 19.3. The average molecular weight is 447 g/mol. The minimum Gasteiger partial charge on any atom is -0.497 e. The van der Waals surface area contributed by atoms with E-state index in [1.165, 1.54) is 5.57 Å². The standard InChI is InChI=1S/C25H30N6O2/c1-30-16-18(15-28-30)17-10-24-23(27-14-17)4-5-25(29-24)31(19-6-8-26-9-7-19)20-11-21(32-2)13-22(12-20)33-3/h4-5,10-13,15-16,19,26-27H,6-9,14H2,1-3H3. The number of nitrogens with one attached hydrogen (secondary N) is 2. The molecule has 8 heteroatoms. The number of pyridine rings is 1. The highest BCUT2D eigenvalue weighted by Crippen LogP contribution is 2.37. The van der Waals surface area contributed by atoms with Crippen LogP contribution in [0.3, 0.4) is 0 Å². The van der Waals surface area contributed by atoms with E-state index in [0.29, 0.717) is 6.04 Å². The highest BCUT2D eigenvalue weighted by atomic mass is 16.5. The van der Waals surface area contributed by atoms with Gasteiger partial charge in [-0.1, -0.05) is 0 Å². The second-order valence-corrected chi connectivity index (χ2v) is 8.45. The molecule has 2 N–H and O–H groups in total. The maximum Gasteiger partial charge on any atom is 0.134 e. The van der Waals surface area contributed by atoms with Crippen LogP contribution in [0, 0.1) is 0 Å². The van der Waals surface area contributed by atoms with Crippen LogP contribution in [0.5, 0.6) is 11.5 Å². The van der Waals surface area contributed by atoms with Crippen molar-refractivity contribution < 1.29 is 9.47 Å². The Hall–Kier alpha value is -3.52. The number of piperidine rings is 1. The van der Waals surface area contributed by atoms with Gasteiger partial charge in [0.2, 0.25) is 0 Å². The molecule has 0 bridgehead atoms. The molecule has 0 unspecified atom stereocenters. The van der Waals surface area contributed by atoms with Gasteiger partial charge in [-0.25, -0.2) is 4.98 Å². The highest BCUT2D eigenvalue weighted by molar-refractivity contribution is 5.89. The fraction of sp³-hybridized carbons (Fsp3) is 0.360. The van der Waals surface area contributed by atoms with E-state index < -0.39 is 0 Å². The Labute approximate surface area is 194 Å². The van der Waals surface area contributed by atoms with Crippen LogP contribution in [0.15, 0.2) is 42.7 Å². The topological polar surface area (TPSA) is 76.5 Å². The number of aromatic nitrogens is 3. The van der Waals surface area contributed by atoms with Crippen molar-refractivity contribution in [2.45, 2.75) is 18.9 Å². The lowest BCUT2D eigenvalue weighted by Gasteiger charge is -2.36. The summed E-state index contributed by atoms with van der Waals surface area (Å²) in [4.78, 5) is 7.45. The third-order valence-corrected chi connectivity index (χ3v) is 6.30. The van der Waals surface area contributed by atoms with Crippen molar-refractivity contribution in [3.05, 3.63) is 54.0 Å². The Bertz CT molecular complexity index is 1140. The van der Waals surface area contributed by atoms with E-state index in [0.717, 1.165) is 72.4 Å². The molecular formula is C25H30N6O2. The molecule has 0 radical (unpaired) electrons. The maximum atomic E-state index is 5.56.